The van der Waals surface area contributed by atoms with Gasteiger partial charge in [0, 0.05) is 30.9 Å². The predicted octanol–water partition coefficient (Wildman–Crippen LogP) is 4.34. The van der Waals surface area contributed by atoms with Gasteiger partial charge in [0.05, 0.1) is 0 Å². The average molecular weight is 431 g/mol. The number of nitrogens with zero attached hydrogens (tertiary/aromatic N) is 3. The monoisotopic (exact) mass is 431 g/mol. The molecule has 6 heteroatoms. The van der Waals surface area contributed by atoms with E-state index in [4.69, 9.17) is 12.8 Å². The molecular weight excluding hydrogens is 400 g/mol. The van der Waals surface area contributed by atoms with Crippen LogP contribution in [0.2, 0.25) is 0 Å². The lowest BCUT2D eigenvalue weighted by molar-refractivity contribution is -0.125. The molecule has 1 unspecified atom stereocenters. The summed E-state index contributed by atoms with van der Waals surface area (Å²) in [5.41, 5.74) is 2.82. The Morgan fingerprint density at radius 3 is 2.69 bits per heavy atom. The normalized spacial score (nSPS) is 23.3. The summed E-state index contributed by atoms with van der Waals surface area (Å²) < 4.78 is 14.5. The molecule has 4 nitrogen and oxygen atoms in total. The third-order valence-corrected chi connectivity index (χ3v) is 6.95. The van der Waals surface area contributed by atoms with Crippen LogP contribution in [0.1, 0.15) is 57.4 Å². The van der Waals surface area contributed by atoms with Crippen LogP contribution < -0.4 is 5.46 Å². The Kier molecular flexibility index (Phi) is 6.68. The fraction of sp³-hybridized carbons (Fsp3) is 0.462. The van der Waals surface area contributed by atoms with Crippen LogP contribution in [0.15, 0.2) is 53.4 Å². The maximum Gasteiger partial charge on any atom is 0.272 e. The molecule has 1 atom stereocenters. The van der Waals surface area contributed by atoms with E-state index in [9.17, 15) is 9.18 Å². The molecule has 0 aromatic heterocycles. The number of allylic oxidation sites excluding steroid dienone is 3. The van der Waals surface area contributed by atoms with E-state index >= 15 is 0 Å². The van der Waals surface area contributed by atoms with Gasteiger partial charge in [-0.15, -0.1) is 0 Å². The molecule has 4 rings (SSSR count). The highest BCUT2D eigenvalue weighted by Gasteiger charge is 2.32. The number of benzene rings is 1. The number of hydrogen-bond donors (Lipinski definition) is 0. The minimum absolute atomic E-state index is 0.0144. The van der Waals surface area contributed by atoms with Crippen molar-refractivity contribution in [2.75, 3.05) is 13.6 Å². The van der Waals surface area contributed by atoms with E-state index in [2.05, 4.69) is 13.5 Å². The summed E-state index contributed by atoms with van der Waals surface area (Å²) in [7, 11) is 7.65. The summed E-state index contributed by atoms with van der Waals surface area (Å²) in [6.45, 7) is 6.95. The second-order valence-electron chi connectivity index (χ2n) is 9.22. The Morgan fingerprint density at radius 2 is 2.00 bits per heavy atom. The fourth-order valence-electron chi connectivity index (χ4n) is 4.68. The van der Waals surface area contributed by atoms with E-state index in [1.165, 1.54) is 12.5 Å². The van der Waals surface area contributed by atoms with Gasteiger partial charge in [-0.05, 0) is 62.3 Å². The van der Waals surface area contributed by atoms with Crippen LogP contribution >= 0.6 is 0 Å². The molecule has 1 saturated carbocycles. The number of aliphatic imine (C=N–C) groups is 1. The van der Waals surface area contributed by atoms with E-state index in [1.54, 1.807) is 18.2 Å². The molecule has 1 aliphatic carbocycles. The molecule has 1 aromatic carbocycles. The lowest BCUT2D eigenvalue weighted by atomic mass is 9.81. The van der Waals surface area contributed by atoms with Crippen molar-refractivity contribution in [1.82, 2.24) is 9.80 Å². The molecule has 166 valence electrons. The van der Waals surface area contributed by atoms with Crippen molar-refractivity contribution >= 4 is 30.5 Å². The SMILES string of the molecule is [B]c1ccc(C(=C)/C=C2/N=C(C(=O)N3CCCCCC3C)C=C(C3CCC3)N2C)c(F)c1. The van der Waals surface area contributed by atoms with Crippen molar-refractivity contribution in [2.45, 2.75) is 57.9 Å². The summed E-state index contributed by atoms with van der Waals surface area (Å²) in [6.07, 6.45) is 11.5. The van der Waals surface area contributed by atoms with Crippen LogP contribution in [-0.2, 0) is 4.79 Å². The predicted molar refractivity (Wildman–Crippen MR) is 129 cm³/mol. The van der Waals surface area contributed by atoms with Crippen molar-refractivity contribution < 1.29 is 9.18 Å². The van der Waals surface area contributed by atoms with Crippen LogP contribution in [-0.4, -0.2) is 48.9 Å². The molecule has 2 radical (unpaired) electrons. The molecule has 1 saturated heterocycles. The quantitative estimate of drug-likeness (QED) is 0.666. The van der Waals surface area contributed by atoms with Crippen molar-refractivity contribution in [2.24, 2.45) is 10.9 Å². The van der Waals surface area contributed by atoms with Crippen molar-refractivity contribution in [3.05, 3.63) is 59.8 Å². The summed E-state index contributed by atoms with van der Waals surface area (Å²) in [6, 6.07) is 4.79. The highest BCUT2D eigenvalue weighted by atomic mass is 19.1. The first-order valence-corrected chi connectivity index (χ1v) is 11.7. The molecule has 2 fully saturated rings. The first kappa shape index (κ1) is 22.6. The number of hydrogen-bond acceptors (Lipinski definition) is 3. The first-order valence-electron chi connectivity index (χ1n) is 11.7. The van der Waals surface area contributed by atoms with Crippen molar-refractivity contribution in [3.8, 4) is 0 Å². The van der Waals surface area contributed by atoms with Crippen LogP contribution in [0.3, 0.4) is 0 Å². The van der Waals surface area contributed by atoms with Crippen LogP contribution in [0, 0.1) is 11.7 Å². The number of carbonyl (C=O) groups excluding carboxylic acids is 1. The molecule has 0 N–H and O–H groups in total. The fourth-order valence-corrected chi connectivity index (χ4v) is 4.68. The second kappa shape index (κ2) is 9.47. The lowest BCUT2D eigenvalue weighted by Crippen LogP contribution is -2.43. The molecule has 0 spiro atoms. The summed E-state index contributed by atoms with van der Waals surface area (Å²) >= 11 is 0. The molecule has 2 heterocycles. The summed E-state index contributed by atoms with van der Waals surface area (Å²) in [5, 5.41) is 0. The average Bonchev–Trinajstić information content (AvgIpc) is 2.93. The molecule has 1 aromatic rings. The van der Waals surface area contributed by atoms with E-state index in [-0.39, 0.29) is 11.9 Å². The molecular formula is C26H31BFN3O. The minimum Gasteiger partial charge on any atom is -0.335 e. The van der Waals surface area contributed by atoms with Crippen molar-refractivity contribution in [3.63, 3.8) is 0 Å². The zero-order chi connectivity index (χ0) is 22.8. The Labute approximate surface area is 192 Å². The topological polar surface area (TPSA) is 35.9 Å². The number of likely N-dealkylation sites (tertiary alicyclic amines) is 1. The molecule has 0 bridgehead atoms. The first-order chi connectivity index (χ1) is 15.3. The number of carbonyl (C=O) groups is 1. The zero-order valence-corrected chi connectivity index (χ0v) is 19.1. The summed E-state index contributed by atoms with van der Waals surface area (Å²) in [4.78, 5) is 22.2. The van der Waals surface area contributed by atoms with Gasteiger partial charge in [-0.25, -0.2) is 9.38 Å². The minimum atomic E-state index is -0.418. The van der Waals surface area contributed by atoms with E-state index in [1.807, 2.05) is 22.9 Å². The molecule has 2 aliphatic heterocycles. The number of amides is 1. The third-order valence-electron chi connectivity index (χ3n) is 6.95. The Morgan fingerprint density at radius 1 is 1.22 bits per heavy atom. The Balaban J connectivity index is 1.68. The van der Waals surface area contributed by atoms with Gasteiger partial charge in [-0.3, -0.25) is 4.79 Å². The van der Waals surface area contributed by atoms with E-state index in [0.717, 1.165) is 50.8 Å². The largest absolute Gasteiger partial charge is 0.335 e. The van der Waals surface area contributed by atoms with Gasteiger partial charge < -0.3 is 9.80 Å². The number of rotatable bonds is 4. The van der Waals surface area contributed by atoms with Gasteiger partial charge in [0.15, 0.2) is 0 Å². The lowest BCUT2D eigenvalue weighted by Gasteiger charge is -2.37. The Hall–Kier alpha value is -2.63. The van der Waals surface area contributed by atoms with Crippen LogP contribution in [0.25, 0.3) is 5.57 Å². The molecule has 3 aliphatic rings. The number of halogens is 1. The van der Waals surface area contributed by atoms with Gasteiger partial charge in [0.2, 0.25) is 0 Å². The Bertz CT molecular complexity index is 1010. The van der Waals surface area contributed by atoms with Crippen LogP contribution in [0.5, 0.6) is 0 Å². The van der Waals surface area contributed by atoms with Crippen LogP contribution in [0.4, 0.5) is 4.39 Å². The highest BCUT2D eigenvalue weighted by molar-refractivity contribution is 6.43. The van der Waals surface area contributed by atoms with E-state index in [0.29, 0.717) is 34.0 Å². The zero-order valence-electron chi connectivity index (χ0n) is 19.1. The van der Waals surface area contributed by atoms with Gasteiger partial charge in [0.25, 0.3) is 5.91 Å². The molecule has 1 amide bonds. The standard InChI is InChI=1S/C26H31BFN3O/c1-17(21-12-11-20(27)15-22(21)28)14-25-29-23(16-24(30(25)3)19-9-7-10-19)26(32)31-13-6-4-5-8-18(31)2/h11-12,14-16,18-19H,1,4-10,13H2,2-3H3/b25-14-. The summed E-state index contributed by atoms with van der Waals surface area (Å²) in [5.74, 6) is 0.601. The molecule has 32 heavy (non-hydrogen) atoms. The second-order valence-corrected chi connectivity index (χ2v) is 9.22. The van der Waals surface area contributed by atoms with Gasteiger partial charge in [-0.2, -0.15) is 0 Å². The van der Waals surface area contributed by atoms with Gasteiger partial charge >= 0.3 is 0 Å². The van der Waals surface area contributed by atoms with E-state index < -0.39 is 5.82 Å². The third kappa shape index (κ3) is 4.60. The van der Waals surface area contributed by atoms with Gasteiger partial charge in [-0.1, -0.05) is 43.4 Å². The maximum absolute atomic E-state index is 14.5. The maximum atomic E-state index is 14.5. The van der Waals surface area contributed by atoms with Crippen molar-refractivity contribution in [1.29, 1.82) is 0 Å². The smallest absolute Gasteiger partial charge is 0.272 e. The highest BCUT2D eigenvalue weighted by Crippen LogP contribution is 2.38. The van der Waals surface area contributed by atoms with Gasteiger partial charge in [0.1, 0.15) is 25.2 Å².